The number of hydrogen-bond donors (Lipinski definition) is 3. The lowest BCUT2D eigenvalue weighted by Gasteiger charge is -2.27. The first-order valence-corrected chi connectivity index (χ1v) is 5.86. The monoisotopic (exact) mass is 225 g/mol. The Hall–Kier alpha value is -1.10. The summed E-state index contributed by atoms with van der Waals surface area (Å²) in [6.07, 6.45) is 3.28. The van der Waals surface area contributed by atoms with Gasteiger partial charge in [-0.05, 0) is 38.0 Å². The molecule has 0 aromatic rings. The quantitative estimate of drug-likeness (QED) is 0.595. The van der Waals surface area contributed by atoms with Gasteiger partial charge in [0.15, 0.2) is 0 Å². The van der Waals surface area contributed by atoms with Crippen LogP contribution in [0, 0.1) is 17.8 Å². The standard InChI is InChI=1S/C11H19N3O2/c1-5(10(13)15)14-11(16)8-6-2-3-7(4-6)9(8)12/h5-9H,2-4,12H2,1H3,(H2,13,15)(H,14,16)/t5-,6?,7?,8?,9?/m0/s1. The normalized spacial score (nSPS) is 38.4. The minimum absolute atomic E-state index is 0.0428. The summed E-state index contributed by atoms with van der Waals surface area (Å²) >= 11 is 0. The number of nitrogens with two attached hydrogens (primary N) is 2. The Morgan fingerprint density at radius 1 is 1.31 bits per heavy atom. The predicted molar refractivity (Wildman–Crippen MR) is 59.1 cm³/mol. The second-order valence-corrected chi connectivity index (χ2v) is 5.07. The van der Waals surface area contributed by atoms with Crippen molar-refractivity contribution in [2.24, 2.45) is 29.2 Å². The Balaban J connectivity index is 1.98. The van der Waals surface area contributed by atoms with Gasteiger partial charge < -0.3 is 16.8 Å². The number of rotatable bonds is 3. The summed E-state index contributed by atoms with van der Waals surface area (Å²) in [6, 6.07) is -0.655. The van der Waals surface area contributed by atoms with Crippen LogP contribution >= 0.6 is 0 Å². The van der Waals surface area contributed by atoms with Crippen molar-refractivity contribution in [3.8, 4) is 0 Å². The van der Waals surface area contributed by atoms with E-state index in [9.17, 15) is 9.59 Å². The summed E-state index contributed by atoms with van der Waals surface area (Å²) in [5, 5.41) is 2.64. The first-order chi connectivity index (χ1) is 7.50. The van der Waals surface area contributed by atoms with Crippen LogP contribution in [0.4, 0.5) is 0 Å². The molecule has 0 spiro atoms. The second kappa shape index (κ2) is 4.05. The van der Waals surface area contributed by atoms with E-state index in [4.69, 9.17) is 11.5 Å². The molecule has 2 rings (SSSR count). The van der Waals surface area contributed by atoms with Gasteiger partial charge in [0.05, 0.1) is 5.92 Å². The molecule has 90 valence electrons. The first-order valence-electron chi connectivity index (χ1n) is 5.86. The van der Waals surface area contributed by atoms with E-state index >= 15 is 0 Å². The molecular formula is C11H19N3O2. The maximum absolute atomic E-state index is 12.0. The van der Waals surface area contributed by atoms with Crippen LogP contribution in [0.5, 0.6) is 0 Å². The van der Waals surface area contributed by atoms with E-state index in [2.05, 4.69) is 5.32 Å². The number of carbonyl (C=O) groups is 2. The van der Waals surface area contributed by atoms with Crippen molar-refractivity contribution in [1.82, 2.24) is 5.32 Å². The third kappa shape index (κ3) is 1.80. The predicted octanol–water partition coefficient (Wildman–Crippen LogP) is -0.650. The molecule has 0 aromatic heterocycles. The zero-order valence-corrected chi connectivity index (χ0v) is 9.48. The highest BCUT2D eigenvalue weighted by Gasteiger charge is 2.49. The number of nitrogens with one attached hydrogen (secondary N) is 1. The fourth-order valence-corrected chi connectivity index (χ4v) is 3.11. The van der Waals surface area contributed by atoms with E-state index in [-0.39, 0.29) is 17.9 Å². The van der Waals surface area contributed by atoms with Crippen molar-refractivity contribution in [2.75, 3.05) is 0 Å². The Kier molecular flexibility index (Phi) is 2.88. The Morgan fingerprint density at radius 2 is 1.94 bits per heavy atom. The summed E-state index contributed by atoms with van der Waals surface area (Å²) in [5.41, 5.74) is 11.1. The largest absolute Gasteiger partial charge is 0.368 e. The SMILES string of the molecule is C[C@H](NC(=O)C1C2CCC(C2)C1N)C(N)=O. The van der Waals surface area contributed by atoms with Crippen LogP contribution in [-0.2, 0) is 9.59 Å². The number of amides is 2. The van der Waals surface area contributed by atoms with Crippen LogP contribution < -0.4 is 16.8 Å². The molecular weight excluding hydrogens is 206 g/mol. The summed E-state index contributed by atoms with van der Waals surface area (Å²) < 4.78 is 0. The van der Waals surface area contributed by atoms with Crippen molar-refractivity contribution < 1.29 is 9.59 Å². The molecule has 0 aromatic carbocycles. The zero-order chi connectivity index (χ0) is 11.9. The topological polar surface area (TPSA) is 98.2 Å². The molecule has 0 saturated heterocycles. The fraction of sp³-hybridized carbons (Fsp3) is 0.818. The summed E-state index contributed by atoms with van der Waals surface area (Å²) in [6.45, 7) is 1.60. The van der Waals surface area contributed by atoms with Crippen LogP contribution in [-0.4, -0.2) is 23.9 Å². The van der Waals surface area contributed by atoms with Crippen molar-refractivity contribution in [1.29, 1.82) is 0 Å². The van der Waals surface area contributed by atoms with Gasteiger partial charge in [-0.1, -0.05) is 0 Å². The van der Waals surface area contributed by atoms with E-state index in [0.29, 0.717) is 11.8 Å². The average molecular weight is 225 g/mol. The lowest BCUT2D eigenvalue weighted by Crippen LogP contribution is -2.50. The number of fused-ring (bicyclic) bond motifs is 2. The van der Waals surface area contributed by atoms with Crippen LogP contribution in [0.1, 0.15) is 26.2 Å². The Morgan fingerprint density at radius 3 is 2.44 bits per heavy atom. The minimum Gasteiger partial charge on any atom is -0.368 e. The molecule has 16 heavy (non-hydrogen) atoms. The van der Waals surface area contributed by atoms with Gasteiger partial charge in [0.2, 0.25) is 11.8 Å². The highest BCUT2D eigenvalue weighted by molar-refractivity contribution is 5.87. The van der Waals surface area contributed by atoms with Gasteiger partial charge in [0, 0.05) is 6.04 Å². The summed E-state index contributed by atoms with van der Waals surface area (Å²) in [5.74, 6) is 0.154. The van der Waals surface area contributed by atoms with Gasteiger partial charge in [-0.3, -0.25) is 9.59 Å². The lowest BCUT2D eigenvalue weighted by molar-refractivity contribution is -0.131. The molecule has 0 radical (unpaired) electrons. The Labute approximate surface area is 94.9 Å². The molecule has 2 aliphatic carbocycles. The number of carbonyl (C=O) groups excluding carboxylic acids is 2. The van der Waals surface area contributed by atoms with Gasteiger partial charge in [0.25, 0.3) is 0 Å². The molecule has 2 bridgehead atoms. The zero-order valence-electron chi connectivity index (χ0n) is 9.48. The van der Waals surface area contributed by atoms with Crippen LogP contribution in [0.2, 0.25) is 0 Å². The highest BCUT2D eigenvalue weighted by atomic mass is 16.2. The van der Waals surface area contributed by atoms with Crippen molar-refractivity contribution in [2.45, 2.75) is 38.3 Å². The average Bonchev–Trinajstić information content (AvgIpc) is 2.77. The smallest absolute Gasteiger partial charge is 0.239 e. The van der Waals surface area contributed by atoms with E-state index in [1.807, 2.05) is 0 Å². The van der Waals surface area contributed by atoms with Crippen molar-refractivity contribution >= 4 is 11.8 Å². The minimum atomic E-state index is -0.612. The molecule has 0 aliphatic heterocycles. The lowest BCUT2D eigenvalue weighted by atomic mass is 9.84. The third-order valence-corrected chi connectivity index (χ3v) is 4.07. The summed E-state index contributed by atoms with van der Waals surface area (Å²) in [7, 11) is 0. The van der Waals surface area contributed by atoms with Gasteiger partial charge in [-0.25, -0.2) is 0 Å². The van der Waals surface area contributed by atoms with Crippen molar-refractivity contribution in [3.05, 3.63) is 0 Å². The van der Waals surface area contributed by atoms with Crippen molar-refractivity contribution in [3.63, 3.8) is 0 Å². The molecule has 2 aliphatic rings. The maximum atomic E-state index is 12.0. The van der Waals surface area contributed by atoms with Crippen LogP contribution in [0.3, 0.4) is 0 Å². The van der Waals surface area contributed by atoms with E-state index < -0.39 is 11.9 Å². The van der Waals surface area contributed by atoms with Crippen LogP contribution in [0.15, 0.2) is 0 Å². The van der Waals surface area contributed by atoms with E-state index in [1.54, 1.807) is 6.92 Å². The van der Waals surface area contributed by atoms with E-state index in [1.165, 1.54) is 0 Å². The maximum Gasteiger partial charge on any atom is 0.239 e. The molecule has 0 heterocycles. The molecule has 2 amide bonds. The van der Waals surface area contributed by atoms with Gasteiger partial charge in [-0.2, -0.15) is 0 Å². The summed E-state index contributed by atoms with van der Waals surface area (Å²) in [4.78, 5) is 22.8. The molecule has 5 heteroatoms. The second-order valence-electron chi connectivity index (χ2n) is 5.07. The molecule has 5 nitrogen and oxygen atoms in total. The first kappa shape index (κ1) is 11.4. The van der Waals surface area contributed by atoms with Gasteiger partial charge >= 0.3 is 0 Å². The fourth-order valence-electron chi connectivity index (χ4n) is 3.11. The molecule has 2 fully saturated rings. The van der Waals surface area contributed by atoms with E-state index in [0.717, 1.165) is 19.3 Å². The highest BCUT2D eigenvalue weighted by Crippen LogP contribution is 2.47. The molecule has 4 unspecified atom stereocenters. The number of hydrogen-bond acceptors (Lipinski definition) is 3. The number of primary amides is 1. The molecule has 5 atom stereocenters. The van der Waals surface area contributed by atoms with Crippen LogP contribution in [0.25, 0.3) is 0 Å². The molecule has 2 saturated carbocycles. The molecule has 5 N–H and O–H groups in total. The van der Waals surface area contributed by atoms with Gasteiger partial charge in [0.1, 0.15) is 6.04 Å². The third-order valence-electron chi connectivity index (χ3n) is 4.07. The van der Waals surface area contributed by atoms with Gasteiger partial charge in [-0.15, -0.1) is 0 Å². The Bertz CT molecular complexity index is 316.